The maximum atomic E-state index is 13.1. The van der Waals surface area contributed by atoms with Crippen LogP contribution in [0.4, 0.5) is 18.9 Å². The van der Waals surface area contributed by atoms with Crippen molar-refractivity contribution < 1.29 is 22.7 Å². The molecule has 1 N–H and O–H groups in total. The first-order valence-corrected chi connectivity index (χ1v) is 8.37. The van der Waals surface area contributed by atoms with E-state index in [4.69, 9.17) is 4.74 Å². The number of carbonyl (C=O) groups excluding carboxylic acids is 1. The zero-order chi connectivity index (χ0) is 19.6. The molecular weight excluding hydrogens is 359 g/mol. The molecule has 0 fully saturated rings. The molecule has 2 aromatic heterocycles. The summed E-state index contributed by atoms with van der Waals surface area (Å²) >= 11 is 0. The first-order valence-electron chi connectivity index (χ1n) is 8.37. The van der Waals surface area contributed by atoms with Crippen molar-refractivity contribution in [3.8, 4) is 5.75 Å². The summed E-state index contributed by atoms with van der Waals surface area (Å²) in [5, 5.41) is 2.71. The fraction of sp³-hybridized carbons (Fsp3) is 0.263. The van der Waals surface area contributed by atoms with Crippen LogP contribution in [-0.2, 0) is 12.6 Å². The van der Waals surface area contributed by atoms with E-state index in [-0.39, 0.29) is 5.69 Å². The summed E-state index contributed by atoms with van der Waals surface area (Å²) in [5.41, 5.74) is 0.481. The molecule has 0 unspecified atom stereocenters. The van der Waals surface area contributed by atoms with E-state index in [0.717, 1.165) is 12.3 Å². The van der Waals surface area contributed by atoms with Crippen molar-refractivity contribution in [3.63, 3.8) is 0 Å². The third kappa shape index (κ3) is 3.89. The molecule has 142 valence electrons. The van der Waals surface area contributed by atoms with E-state index in [1.807, 2.05) is 6.92 Å². The van der Waals surface area contributed by atoms with Crippen LogP contribution >= 0.6 is 0 Å². The van der Waals surface area contributed by atoms with Gasteiger partial charge in [0.05, 0.1) is 18.4 Å². The topological polar surface area (TPSA) is 55.6 Å². The maximum Gasteiger partial charge on any atom is 0.417 e. The summed E-state index contributed by atoms with van der Waals surface area (Å²) in [6.07, 6.45) is -2.43. The molecule has 0 aliphatic heterocycles. The Morgan fingerprint density at radius 1 is 1.26 bits per heavy atom. The van der Waals surface area contributed by atoms with Gasteiger partial charge in [0.25, 0.3) is 5.91 Å². The maximum absolute atomic E-state index is 13.1. The number of hydrogen-bond donors (Lipinski definition) is 1. The number of carbonyl (C=O) groups is 1. The number of alkyl halides is 3. The highest BCUT2D eigenvalue weighted by molar-refractivity contribution is 6.04. The summed E-state index contributed by atoms with van der Waals surface area (Å²) in [6.45, 7) is 1.91. The van der Waals surface area contributed by atoms with Crippen molar-refractivity contribution in [1.29, 1.82) is 0 Å². The Kier molecular flexibility index (Phi) is 5.07. The number of nitrogens with one attached hydrogen (secondary N) is 1. The number of benzene rings is 1. The van der Waals surface area contributed by atoms with Crippen molar-refractivity contribution in [2.24, 2.45) is 0 Å². The molecule has 0 saturated heterocycles. The van der Waals surface area contributed by atoms with E-state index in [2.05, 4.69) is 10.3 Å². The summed E-state index contributed by atoms with van der Waals surface area (Å²) in [7, 11) is 1.50. The van der Waals surface area contributed by atoms with Crippen LogP contribution in [0.25, 0.3) is 5.65 Å². The Balaban J connectivity index is 2.06. The van der Waals surface area contributed by atoms with Gasteiger partial charge in [0.15, 0.2) is 0 Å². The van der Waals surface area contributed by atoms with Crippen molar-refractivity contribution >= 4 is 17.2 Å². The summed E-state index contributed by atoms with van der Waals surface area (Å²) < 4.78 is 45.6. The lowest BCUT2D eigenvalue weighted by atomic mass is 10.2. The number of imidazole rings is 1. The van der Waals surface area contributed by atoms with E-state index < -0.39 is 17.6 Å². The number of nitrogens with zero attached hydrogens (tertiary/aromatic N) is 2. The Bertz CT molecular complexity index is 980. The number of pyridine rings is 1. The quantitative estimate of drug-likeness (QED) is 0.709. The first kappa shape index (κ1) is 18.8. The van der Waals surface area contributed by atoms with Gasteiger partial charge in [-0.2, -0.15) is 13.2 Å². The van der Waals surface area contributed by atoms with Gasteiger partial charge in [0.2, 0.25) is 0 Å². The third-order valence-corrected chi connectivity index (χ3v) is 4.05. The minimum absolute atomic E-state index is 0.0979. The molecule has 1 amide bonds. The number of rotatable bonds is 5. The van der Waals surface area contributed by atoms with Crippen LogP contribution in [0.3, 0.4) is 0 Å². The monoisotopic (exact) mass is 377 g/mol. The van der Waals surface area contributed by atoms with Crippen molar-refractivity contribution in [2.75, 3.05) is 12.4 Å². The van der Waals surface area contributed by atoms with E-state index >= 15 is 0 Å². The molecule has 0 aliphatic rings. The first-order chi connectivity index (χ1) is 12.8. The lowest BCUT2D eigenvalue weighted by molar-refractivity contribution is -0.137. The van der Waals surface area contributed by atoms with E-state index in [1.165, 1.54) is 17.6 Å². The number of halogens is 3. The van der Waals surface area contributed by atoms with Gasteiger partial charge in [0, 0.05) is 18.0 Å². The van der Waals surface area contributed by atoms with Crippen molar-refractivity contribution in [1.82, 2.24) is 9.38 Å². The van der Waals surface area contributed by atoms with Gasteiger partial charge >= 0.3 is 6.18 Å². The molecule has 2 heterocycles. The molecule has 27 heavy (non-hydrogen) atoms. The Morgan fingerprint density at radius 2 is 2.04 bits per heavy atom. The zero-order valence-electron chi connectivity index (χ0n) is 14.8. The smallest absolute Gasteiger partial charge is 0.417 e. The molecule has 3 aromatic rings. The highest BCUT2D eigenvalue weighted by atomic mass is 19.4. The van der Waals surface area contributed by atoms with Gasteiger partial charge in [-0.25, -0.2) is 4.98 Å². The lowest BCUT2D eigenvalue weighted by Crippen LogP contribution is -2.17. The lowest BCUT2D eigenvalue weighted by Gasteiger charge is -2.10. The van der Waals surface area contributed by atoms with Gasteiger partial charge in [-0.3, -0.25) is 9.20 Å². The fourth-order valence-electron chi connectivity index (χ4n) is 2.80. The van der Waals surface area contributed by atoms with Gasteiger partial charge in [0.1, 0.15) is 17.1 Å². The van der Waals surface area contributed by atoms with Gasteiger partial charge in [-0.1, -0.05) is 19.4 Å². The number of ether oxygens (including phenoxy) is 1. The molecule has 0 spiro atoms. The molecule has 3 rings (SSSR count). The second kappa shape index (κ2) is 7.30. The fourth-order valence-corrected chi connectivity index (χ4v) is 2.80. The van der Waals surface area contributed by atoms with Crippen molar-refractivity contribution in [2.45, 2.75) is 25.9 Å². The highest BCUT2D eigenvalue weighted by Gasteiger charge is 2.32. The Morgan fingerprint density at radius 3 is 2.70 bits per heavy atom. The van der Waals surface area contributed by atoms with Gasteiger partial charge in [-0.15, -0.1) is 0 Å². The zero-order valence-corrected chi connectivity index (χ0v) is 14.8. The molecule has 0 radical (unpaired) electrons. The number of aryl methyl sites for hydroxylation is 1. The molecule has 0 aliphatic carbocycles. The standard InChI is InChI=1S/C19H18F3N3O2/c1-3-5-15-17(18(26)23-13-6-4-7-14(10-13)27-2)25-11-12(19(20,21)22)8-9-16(25)24-15/h4,6-11H,3,5H2,1-2H3,(H,23,26). The molecule has 1 aromatic carbocycles. The van der Waals surface area contributed by atoms with Gasteiger partial charge < -0.3 is 10.1 Å². The summed E-state index contributed by atoms with van der Waals surface area (Å²) in [5.74, 6) is 0.0256. The average molecular weight is 377 g/mol. The second-order valence-electron chi connectivity index (χ2n) is 5.99. The number of methoxy groups -OCH3 is 1. The minimum atomic E-state index is -4.51. The number of fused-ring (bicyclic) bond motifs is 1. The predicted molar refractivity (Wildman–Crippen MR) is 95.1 cm³/mol. The highest BCUT2D eigenvalue weighted by Crippen LogP contribution is 2.30. The molecule has 8 heteroatoms. The molecule has 0 bridgehead atoms. The SMILES string of the molecule is CCCc1nc2ccc(C(F)(F)F)cn2c1C(=O)Nc1cccc(OC)c1. The van der Waals surface area contributed by atoms with Gasteiger partial charge in [-0.05, 0) is 30.7 Å². The molecule has 0 saturated carbocycles. The van der Waals surface area contributed by atoms with E-state index in [9.17, 15) is 18.0 Å². The average Bonchev–Trinajstić information content (AvgIpc) is 2.98. The van der Waals surface area contributed by atoms with E-state index in [1.54, 1.807) is 24.3 Å². The van der Waals surface area contributed by atoms with Crippen LogP contribution in [0.2, 0.25) is 0 Å². The van der Waals surface area contributed by atoms with Crippen LogP contribution in [0.5, 0.6) is 5.75 Å². The number of aromatic nitrogens is 2. The van der Waals surface area contributed by atoms with Crippen molar-refractivity contribution in [3.05, 3.63) is 59.5 Å². The number of anilines is 1. The molecular formula is C19H18F3N3O2. The Hall–Kier alpha value is -3.03. The normalized spacial score (nSPS) is 11.6. The largest absolute Gasteiger partial charge is 0.497 e. The van der Waals surface area contributed by atoms with Crippen LogP contribution in [0.15, 0.2) is 42.6 Å². The second-order valence-corrected chi connectivity index (χ2v) is 5.99. The number of amides is 1. The predicted octanol–water partition coefficient (Wildman–Crippen LogP) is 4.57. The minimum Gasteiger partial charge on any atom is -0.497 e. The van der Waals surface area contributed by atoms with E-state index in [0.29, 0.717) is 35.6 Å². The number of hydrogen-bond acceptors (Lipinski definition) is 3. The Labute approximate surface area is 153 Å². The molecule has 0 atom stereocenters. The van der Waals surface area contributed by atoms with Crippen LogP contribution in [0, 0.1) is 0 Å². The van der Waals surface area contributed by atoms with Crippen LogP contribution in [0.1, 0.15) is 35.1 Å². The third-order valence-electron chi connectivity index (χ3n) is 4.05. The molecule has 5 nitrogen and oxygen atoms in total. The van der Waals surface area contributed by atoms with Crippen LogP contribution < -0.4 is 10.1 Å². The van der Waals surface area contributed by atoms with Crippen LogP contribution in [-0.4, -0.2) is 22.4 Å². The summed E-state index contributed by atoms with van der Waals surface area (Å²) in [4.78, 5) is 17.2. The summed E-state index contributed by atoms with van der Waals surface area (Å²) in [6, 6.07) is 8.96.